The molecule has 7 nitrogen and oxygen atoms in total. The fourth-order valence-corrected chi connectivity index (χ4v) is 6.92. The normalized spacial score (nSPS) is 21.9. The molecular formula is C20H21N3O4S2. The number of thioether (sulfide) groups is 1. The van der Waals surface area contributed by atoms with Crippen LogP contribution in [0.3, 0.4) is 0 Å². The molecule has 2 aliphatic rings. The Kier molecular flexibility index (Phi) is 5.51. The predicted molar refractivity (Wildman–Crippen MR) is 117 cm³/mol. The van der Waals surface area contributed by atoms with Crippen molar-refractivity contribution in [3.05, 3.63) is 54.1 Å². The topological polar surface area (TPSA) is 96.9 Å². The molecule has 1 amide bonds. The van der Waals surface area contributed by atoms with Crippen LogP contribution in [-0.4, -0.2) is 48.9 Å². The molecule has 1 fully saturated rings. The van der Waals surface area contributed by atoms with Gasteiger partial charge in [0.05, 0.1) is 24.2 Å². The number of hydrogen-bond acceptors (Lipinski definition) is 7. The van der Waals surface area contributed by atoms with E-state index in [2.05, 4.69) is 15.6 Å². The number of carbonyl (C=O) groups is 1. The number of nitrogens with one attached hydrogen (secondary N) is 2. The molecule has 2 aromatic carbocycles. The molecule has 0 saturated carbocycles. The van der Waals surface area contributed by atoms with Crippen LogP contribution in [-0.2, 0) is 9.84 Å². The van der Waals surface area contributed by atoms with Crippen LogP contribution in [0.2, 0.25) is 0 Å². The Labute approximate surface area is 173 Å². The van der Waals surface area contributed by atoms with Crippen molar-refractivity contribution < 1.29 is 17.9 Å². The number of rotatable bonds is 5. The van der Waals surface area contributed by atoms with Crippen molar-refractivity contribution in [1.29, 1.82) is 0 Å². The van der Waals surface area contributed by atoms with Gasteiger partial charge in [0.25, 0.3) is 5.91 Å². The standard InChI is InChI=1S/C20H21N3O4S2/c1-2-27-16-9-7-14(8-10-16)21-19(24)13-3-5-15(6-4-13)22-20-23-17-11-29(25,26)12-18(17)28-20/h3-10,17-18H,2,11-12H2,1H3,(H,21,24)(H,22,23)/t17-,18+/m1/s1. The molecule has 0 aromatic heterocycles. The molecule has 9 heteroatoms. The van der Waals surface area contributed by atoms with Crippen molar-refractivity contribution in [3.63, 3.8) is 0 Å². The van der Waals surface area contributed by atoms with Gasteiger partial charge >= 0.3 is 0 Å². The highest BCUT2D eigenvalue weighted by molar-refractivity contribution is 8.15. The first-order chi connectivity index (χ1) is 13.9. The number of sulfone groups is 1. The summed E-state index contributed by atoms with van der Waals surface area (Å²) in [4.78, 5) is 16.9. The quantitative estimate of drug-likeness (QED) is 0.755. The molecule has 152 valence electrons. The number of anilines is 2. The van der Waals surface area contributed by atoms with Gasteiger partial charge in [-0.15, -0.1) is 0 Å². The second-order valence-corrected chi connectivity index (χ2v) is 10.2. The van der Waals surface area contributed by atoms with Crippen molar-refractivity contribution in [2.45, 2.75) is 18.2 Å². The summed E-state index contributed by atoms with van der Waals surface area (Å²) >= 11 is 1.47. The number of benzene rings is 2. The van der Waals surface area contributed by atoms with Gasteiger partial charge in [0, 0.05) is 22.2 Å². The van der Waals surface area contributed by atoms with E-state index in [1.807, 2.05) is 19.1 Å². The first-order valence-corrected chi connectivity index (χ1v) is 12.0. The average Bonchev–Trinajstić information content (AvgIpc) is 3.16. The maximum Gasteiger partial charge on any atom is 0.255 e. The van der Waals surface area contributed by atoms with Crippen LogP contribution in [0.1, 0.15) is 17.3 Å². The molecule has 2 aliphatic heterocycles. The van der Waals surface area contributed by atoms with Crippen LogP contribution in [0, 0.1) is 0 Å². The zero-order valence-corrected chi connectivity index (χ0v) is 17.4. The minimum Gasteiger partial charge on any atom is -0.494 e. The molecule has 29 heavy (non-hydrogen) atoms. The zero-order valence-electron chi connectivity index (χ0n) is 15.8. The molecular weight excluding hydrogens is 410 g/mol. The SMILES string of the molecule is CCOc1ccc(NC(=O)c2ccc(NC3=N[C@@H]4CS(=O)(=O)C[C@@H]4S3)cc2)cc1. The number of nitrogens with zero attached hydrogens (tertiary/aromatic N) is 1. The van der Waals surface area contributed by atoms with Gasteiger partial charge in [-0.25, -0.2) is 8.42 Å². The van der Waals surface area contributed by atoms with Crippen LogP contribution in [0.15, 0.2) is 53.5 Å². The molecule has 2 N–H and O–H groups in total. The fourth-order valence-electron chi connectivity index (χ4n) is 3.25. The summed E-state index contributed by atoms with van der Waals surface area (Å²) in [6.07, 6.45) is 0. The second kappa shape index (κ2) is 8.08. The van der Waals surface area contributed by atoms with Gasteiger partial charge in [0.1, 0.15) is 5.75 Å². The van der Waals surface area contributed by atoms with Gasteiger partial charge in [-0.1, -0.05) is 11.8 Å². The van der Waals surface area contributed by atoms with Crippen LogP contribution in [0.25, 0.3) is 0 Å². The summed E-state index contributed by atoms with van der Waals surface area (Å²) in [6.45, 7) is 2.51. The highest BCUT2D eigenvalue weighted by Crippen LogP contribution is 2.34. The van der Waals surface area contributed by atoms with Gasteiger partial charge in [-0.05, 0) is 55.5 Å². The second-order valence-electron chi connectivity index (χ2n) is 6.85. The van der Waals surface area contributed by atoms with Gasteiger partial charge in [0.2, 0.25) is 0 Å². The third kappa shape index (κ3) is 4.73. The molecule has 0 radical (unpaired) electrons. The Bertz CT molecular complexity index is 1030. The maximum absolute atomic E-state index is 12.4. The Hall–Kier alpha value is -2.52. The zero-order chi connectivity index (χ0) is 20.4. The van der Waals surface area contributed by atoms with Crippen molar-refractivity contribution in [2.75, 3.05) is 28.7 Å². The van der Waals surface area contributed by atoms with Crippen molar-refractivity contribution in [1.82, 2.24) is 0 Å². The Morgan fingerprint density at radius 2 is 1.79 bits per heavy atom. The number of carbonyl (C=O) groups excluding carboxylic acids is 1. The highest BCUT2D eigenvalue weighted by atomic mass is 32.2. The van der Waals surface area contributed by atoms with Crippen molar-refractivity contribution in [2.24, 2.45) is 4.99 Å². The maximum atomic E-state index is 12.4. The lowest BCUT2D eigenvalue weighted by molar-refractivity contribution is 0.102. The van der Waals surface area contributed by atoms with E-state index in [4.69, 9.17) is 4.74 Å². The predicted octanol–water partition coefficient (Wildman–Crippen LogP) is 3.02. The Morgan fingerprint density at radius 1 is 1.10 bits per heavy atom. The minimum atomic E-state index is -2.96. The molecule has 2 heterocycles. The number of amides is 1. The van der Waals surface area contributed by atoms with E-state index >= 15 is 0 Å². The summed E-state index contributed by atoms with van der Waals surface area (Å²) < 4.78 is 28.7. The molecule has 0 bridgehead atoms. The fraction of sp³-hybridized carbons (Fsp3) is 0.300. The smallest absolute Gasteiger partial charge is 0.255 e. The van der Waals surface area contributed by atoms with E-state index in [1.165, 1.54) is 11.8 Å². The summed E-state index contributed by atoms with van der Waals surface area (Å²) in [6, 6.07) is 14.1. The third-order valence-corrected chi connectivity index (χ3v) is 7.78. The number of ether oxygens (including phenoxy) is 1. The van der Waals surface area contributed by atoms with Crippen LogP contribution in [0.4, 0.5) is 11.4 Å². The average molecular weight is 432 g/mol. The lowest BCUT2D eigenvalue weighted by Crippen LogP contribution is -2.13. The summed E-state index contributed by atoms with van der Waals surface area (Å²) in [7, 11) is -2.96. The van der Waals surface area contributed by atoms with Crippen molar-refractivity contribution >= 4 is 44.0 Å². The first kappa shape index (κ1) is 19.8. The molecule has 2 aromatic rings. The van der Waals surface area contributed by atoms with Crippen molar-refractivity contribution in [3.8, 4) is 5.75 Å². The summed E-state index contributed by atoms with van der Waals surface area (Å²) in [5.74, 6) is 0.866. The lowest BCUT2D eigenvalue weighted by atomic mass is 10.2. The molecule has 2 atom stereocenters. The van der Waals surface area contributed by atoms with E-state index < -0.39 is 9.84 Å². The lowest BCUT2D eigenvalue weighted by Gasteiger charge is -2.09. The highest BCUT2D eigenvalue weighted by Gasteiger charge is 2.42. The van der Waals surface area contributed by atoms with E-state index in [0.717, 1.165) is 16.6 Å². The van der Waals surface area contributed by atoms with Gasteiger partial charge < -0.3 is 15.4 Å². The number of aliphatic imine (C=N–C) groups is 1. The van der Waals surface area contributed by atoms with Crippen LogP contribution < -0.4 is 15.4 Å². The number of fused-ring (bicyclic) bond motifs is 1. The first-order valence-electron chi connectivity index (χ1n) is 9.28. The van der Waals surface area contributed by atoms with E-state index in [1.54, 1.807) is 36.4 Å². The molecule has 0 aliphatic carbocycles. The van der Waals surface area contributed by atoms with E-state index in [9.17, 15) is 13.2 Å². The van der Waals surface area contributed by atoms with Gasteiger partial charge in [0.15, 0.2) is 15.0 Å². The molecule has 1 saturated heterocycles. The Balaban J connectivity index is 1.35. The van der Waals surface area contributed by atoms with Gasteiger partial charge in [-0.3, -0.25) is 9.79 Å². The molecule has 0 spiro atoms. The molecule has 4 rings (SSSR count). The largest absolute Gasteiger partial charge is 0.494 e. The molecule has 0 unspecified atom stereocenters. The Morgan fingerprint density at radius 3 is 2.45 bits per heavy atom. The summed E-state index contributed by atoms with van der Waals surface area (Å²) in [5, 5.41) is 6.78. The summed E-state index contributed by atoms with van der Waals surface area (Å²) in [5.41, 5.74) is 2.03. The monoisotopic (exact) mass is 431 g/mol. The third-order valence-electron chi connectivity index (χ3n) is 4.64. The van der Waals surface area contributed by atoms with Crippen LogP contribution >= 0.6 is 11.8 Å². The van der Waals surface area contributed by atoms with Gasteiger partial charge in [-0.2, -0.15) is 0 Å². The minimum absolute atomic E-state index is 0.00154. The van der Waals surface area contributed by atoms with Crippen LogP contribution in [0.5, 0.6) is 5.75 Å². The number of hydrogen-bond donors (Lipinski definition) is 2. The van der Waals surface area contributed by atoms with E-state index in [0.29, 0.717) is 17.9 Å². The number of amidine groups is 1. The van der Waals surface area contributed by atoms with E-state index in [-0.39, 0.29) is 28.7 Å².